The van der Waals surface area contributed by atoms with Gasteiger partial charge in [-0.15, -0.1) is 0 Å². The lowest BCUT2D eigenvalue weighted by Crippen LogP contribution is -2.37. The summed E-state index contributed by atoms with van der Waals surface area (Å²) in [6.07, 6.45) is 0.476. The Morgan fingerprint density at radius 1 is 1.12 bits per heavy atom. The van der Waals surface area contributed by atoms with Crippen LogP contribution in [0.1, 0.15) is 23.6 Å². The Balaban J connectivity index is 1.53. The molecular formula is C28H33N3O9S. The maximum Gasteiger partial charge on any atom is 0.370 e. The van der Waals surface area contributed by atoms with E-state index in [-0.39, 0.29) is 42.3 Å². The van der Waals surface area contributed by atoms with Crippen molar-refractivity contribution < 1.29 is 37.6 Å². The number of aliphatic carboxylic acids is 1. The van der Waals surface area contributed by atoms with Gasteiger partial charge in [-0.05, 0) is 49.4 Å². The molecule has 2 aromatic carbocycles. The molecule has 1 aromatic heterocycles. The van der Waals surface area contributed by atoms with Crippen molar-refractivity contribution in [1.29, 1.82) is 0 Å². The number of nitrogens with zero attached hydrogens (tertiary/aromatic N) is 3. The van der Waals surface area contributed by atoms with Crippen molar-refractivity contribution in [2.75, 3.05) is 33.4 Å². The van der Waals surface area contributed by atoms with Gasteiger partial charge in [-0.3, -0.25) is 9.48 Å². The summed E-state index contributed by atoms with van der Waals surface area (Å²) >= 11 is 0. The van der Waals surface area contributed by atoms with Crippen LogP contribution in [0, 0.1) is 6.92 Å². The quantitative estimate of drug-likeness (QED) is 0.324. The number of para-hydroxylation sites is 1. The molecule has 220 valence electrons. The van der Waals surface area contributed by atoms with E-state index < -0.39 is 34.8 Å². The van der Waals surface area contributed by atoms with E-state index in [1.54, 1.807) is 30.8 Å². The zero-order valence-corrected chi connectivity index (χ0v) is 23.8. The highest BCUT2D eigenvalue weighted by Gasteiger charge is 2.33. The highest BCUT2D eigenvalue weighted by molar-refractivity contribution is 7.89. The molecule has 1 aliphatic heterocycles. The number of carboxylic acid groups (broad SMARTS) is 1. The SMILES string of the molecule is COc1ccc(S(=O)(=O)N(CCO)CCOC2CC(c3c(C)n(C)n(-c4ccccc4)c3=O)C=C(C(=O)O)O2)cc1. The molecular weight excluding hydrogens is 554 g/mol. The van der Waals surface area contributed by atoms with Gasteiger partial charge in [0, 0.05) is 43.7 Å². The number of sulfonamides is 1. The predicted octanol–water partition coefficient (Wildman–Crippen LogP) is 1.99. The summed E-state index contributed by atoms with van der Waals surface area (Å²) in [7, 11) is -0.741. The van der Waals surface area contributed by atoms with Crippen LogP contribution in [0.25, 0.3) is 5.69 Å². The Morgan fingerprint density at radius 3 is 2.41 bits per heavy atom. The van der Waals surface area contributed by atoms with Gasteiger partial charge in [-0.1, -0.05) is 18.2 Å². The van der Waals surface area contributed by atoms with Crippen molar-refractivity contribution in [1.82, 2.24) is 13.7 Å². The molecule has 2 unspecified atom stereocenters. The molecule has 3 aromatic rings. The summed E-state index contributed by atoms with van der Waals surface area (Å²) in [5, 5.41) is 19.2. The van der Waals surface area contributed by atoms with Crippen molar-refractivity contribution in [3.05, 3.63) is 88.0 Å². The number of benzene rings is 2. The van der Waals surface area contributed by atoms with Gasteiger partial charge in [-0.2, -0.15) is 4.31 Å². The lowest BCUT2D eigenvalue weighted by Gasteiger charge is -2.29. The molecule has 1 aliphatic rings. The summed E-state index contributed by atoms with van der Waals surface area (Å²) in [6, 6.07) is 14.9. The van der Waals surface area contributed by atoms with E-state index in [0.29, 0.717) is 22.7 Å². The summed E-state index contributed by atoms with van der Waals surface area (Å²) in [5.74, 6) is -1.81. The maximum absolute atomic E-state index is 13.5. The fraction of sp³-hybridized carbons (Fsp3) is 0.357. The molecule has 0 radical (unpaired) electrons. The van der Waals surface area contributed by atoms with Gasteiger partial charge in [0.15, 0.2) is 0 Å². The van der Waals surface area contributed by atoms with Gasteiger partial charge in [0.1, 0.15) is 5.75 Å². The zero-order valence-electron chi connectivity index (χ0n) is 23.0. The molecule has 2 atom stereocenters. The number of carboxylic acids is 1. The monoisotopic (exact) mass is 587 g/mol. The third-order valence-electron chi connectivity index (χ3n) is 6.93. The average molecular weight is 588 g/mol. The first-order valence-electron chi connectivity index (χ1n) is 12.9. The standard InChI is InChI=1S/C28H33N3O9S/c1-19-26(27(33)31(29(19)2)21-7-5-4-6-8-21)20-17-24(28(34)35)40-25(18-20)39-16-14-30(13-15-32)41(36,37)23-11-9-22(38-3)10-12-23/h4-12,17,20,25,32H,13-16,18H2,1-3H3,(H,34,35). The number of carbonyl (C=O) groups is 1. The van der Waals surface area contributed by atoms with Crippen LogP contribution in [0.2, 0.25) is 0 Å². The second-order valence-electron chi connectivity index (χ2n) is 9.37. The number of methoxy groups -OCH3 is 1. The van der Waals surface area contributed by atoms with E-state index in [4.69, 9.17) is 14.2 Å². The lowest BCUT2D eigenvalue weighted by molar-refractivity contribution is -0.157. The highest BCUT2D eigenvalue weighted by Crippen LogP contribution is 2.32. The van der Waals surface area contributed by atoms with Crippen molar-refractivity contribution in [2.45, 2.75) is 30.4 Å². The second kappa shape index (κ2) is 12.7. The summed E-state index contributed by atoms with van der Waals surface area (Å²) in [6.45, 7) is 0.920. The van der Waals surface area contributed by atoms with Gasteiger partial charge >= 0.3 is 5.97 Å². The van der Waals surface area contributed by atoms with Crippen molar-refractivity contribution >= 4 is 16.0 Å². The van der Waals surface area contributed by atoms with E-state index in [2.05, 4.69) is 0 Å². The molecule has 0 spiro atoms. The molecule has 0 fully saturated rings. The molecule has 0 saturated carbocycles. The van der Waals surface area contributed by atoms with Crippen LogP contribution in [-0.2, 0) is 31.3 Å². The number of ether oxygens (including phenoxy) is 3. The molecule has 13 heteroatoms. The van der Waals surface area contributed by atoms with E-state index >= 15 is 0 Å². The maximum atomic E-state index is 13.5. The van der Waals surface area contributed by atoms with Crippen LogP contribution in [0.3, 0.4) is 0 Å². The Kier molecular flexibility index (Phi) is 9.33. The fourth-order valence-electron chi connectivity index (χ4n) is 4.77. The van der Waals surface area contributed by atoms with Crippen LogP contribution in [0.15, 0.2) is 76.1 Å². The van der Waals surface area contributed by atoms with Gasteiger partial charge in [-0.25, -0.2) is 17.9 Å². The summed E-state index contributed by atoms with van der Waals surface area (Å²) in [4.78, 5) is 25.4. The molecule has 41 heavy (non-hydrogen) atoms. The van der Waals surface area contributed by atoms with Crippen LogP contribution in [0.5, 0.6) is 5.75 Å². The molecule has 0 aliphatic carbocycles. The Bertz CT molecular complexity index is 1560. The summed E-state index contributed by atoms with van der Waals surface area (Å²) < 4.78 is 47.1. The molecule has 12 nitrogen and oxygen atoms in total. The first kappa shape index (κ1) is 30.1. The highest BCUT2D eigenvalue weighted by atomic mass is 32.2. The van der Waals surface area contributed by atoms with E-state index in [0.717, 1.165) is 4.31 Å². The number of allylic oxidation sites excluding steroid dienone is 1. The van der Waals surface area contributed by atoms with E-state index in [1.807, 2.05) is 18.2 Å². The largest absolute Gasteiger partial charge is 0.497 e. The van der Waals surface area contributed by atoms with Crippen LogP contribution < -0.4 is 10.3 Å². The van der Waals surface area contributed by atoms with Gasteiger partial charge in [0.2, 0.25) is 22.1 Å². The number of hydrogen-bond donors (Lipinski definition) is 2. The van der Waals surface area contributed by atoms with Crippen LogP contribution in [0.4, 0.5) is 0 Å². The minimum atomic E-state index is -3.96. The predicted molar refractivity (Wildman–Crippen MR) is 148 cm³/mol. The van der Waals surface area contributed by atoms with Gasteiger partial charge < -0.3 is 24.4 Å². The van der Waals surface area contributed by atoms with Crippen molar-refractivity contribution in [3.63, 3.8) is 0 Å². The third kappa shape index (κ3) is 6.38. The second-order valence-corrected chi connectivity index (χ2v) is 11.3. The smallest absolute Gasteiger partial charge is 0.370 e. The van der Waals surface area contributed by atoms with Crippen LogP contribution >= 0.6 is 0 Å². The molecule has 0 saturated heterocycles. The fourth-order valence-corrected chi connectivity index (χ4v) is 6.19. The molecule has 2 N–H and O–H groups in total. The first-order chi connectivity index (χ1) is 19.6. The number of rotatable bonds is 12. The Morgan fingerprint density at radius 2 is 1.80 bits per heavy atom. The number of aromatic nitrogens is 2. The number of aliphatic hydroxyl groups is 1. The van der Waals surface area contributed by atoms with E-state index in [1.165, 1.54) is 42.1 Å². The molecule has 4 rings (SSSR count). The van der Waals surface area contributed by atoms with Crippen molar-refractivity contribution in [3.8, 4) is 11.4 Å². The number of aliphatic hydroxyl groups excluding tert-OH is 1. The summed E-state index contributed by atoms with van der Waals surface area (Å²) in [5.41, 5.74) is 1.45. The third-order valence-corrected chi connectivity index (χ3v) is 8.84. The normalized spacial score (nSPS) is 17.2. The Hall–Kier alpha value is -3.91. The average Bonchev–Trinajstić information content (AvgIpc) is 3.19. The minimum absolute atomic E-state index is 0.0195. The lowest BCUT2D eigenvalue weighted by atomic mass is 9.93. The van der Waals surface area contributed by atoms with Gasteiger partial charge in [0.05, 0.1) is 30.9 Å². The van der Waals surface area contributed by atoms with Crippen molar-refractivity contribution in [2.24, 2.45) is 7.05 Å². The van der Waals surface area contributed by atoms with Gasteiger partial charge in [0.25, 0.3) is 5.56 Å². The molecule has 0 amide bonds. The minimum Gasteiger partial charge on any atom is -0.497 e. The Labute approximate surface area is 237 Å². The van der Waals surface area contributed by atoms with E-state index in [9.17, 15) is 28.2 Å². The van der Waals surface area contributed by atoms with Crippen LogP contribution in [-0.4, -0.2) is 78.0 Å². The number of hydrogen-bond acceptors (Lipinski definition) is 8. The first-order valence-corrected chi connectivity index (χ1v) is 14.3. The topological polar surface area (TPSA) is 150 Å². The zero-order chi connectivity index (χ0) is 29.7. The molecule has 2 heterocycles. The molecule has 0 bridgehead atoms.